The first-order chi connectivity index (χ1) is 7.54. The number of amides is 1. The molecule has 2 unspecified atom stereocenters. The van der Waals surface area contributed by atoms with Crippen LogP contribution in [0.15, 0.2) is 24.3 Å². The Labute approximate surface area is 101 Å². The van der Waals surface area contributed by atoms with Gasteiger partial charge >= 0.3 is 0 Å². The van der Waals surface area contributed by atoms with Gasteiger partial charge in [0, 0.05) is 5.02 Å². The molecule has 1 amide bonds. The van der Waals surface area contributed by atoms with Crippen molar-refractivity contribution in [2.45, 2.75) is 32.4 Å². The van der Waals surface area contributed by atoms with Crippen molar-refractivity contribution in [1.29, 1.82) is 0 Å². The number of hydrogen-bond acceptors (Lipinski definition) is 2. The molecule has 0 spiro atoms. The van der Waals surface area contributed by atoms with Gasteiger partial charge in [-0.1, -0.05) is 30.7 Å². The summed E-state index contributed by atoms with van der Waals surface area (Å²) < 4.78 is 0. The predicted molar refractivity (Wildman–Crippen MR) is 66.3 cm³/mol. The molecule has 0 radical (unpaired) electrons. The molecule has 0 saturated heterocycles. The number of carbonyl (C=O) groups excluding carboxylic acids is 1. The third-order valence-electron chi connectivity index (χ3n) is 2.48. The topological polar surface area (TPSA) is 55.1 Å². The van der Waals surface area contributed by atoms with Crippen LogP contribution in [0.2, 0.25) is 5.02 Å². The molecule has 1 aromatic rings. The lowest BCUT2D eigenvalue weighted by Crippen LogP contribution is -2.41. The van der Waals surface area contributed by atoms with E-state index in [2.05, 4.69) is 5.32 Å². The van der Waals surface area contributed by atoms with E-state index in [0.29, 0.717) is 11.4 Å². The summed E-state index contributed by atoms with van der Waals surface area (Å²) in [5.41, 5.74) is 6.61. The van der Waals surface area contributed by atoms with Gasteiger partial charge in [-0.25, -0.2) is 0 Å². The van der Waals surface area contributed by atoms with Crippen LogP contribution in [-0.4, -0.2) is 11.9 Å². The minimum absolute atomic E-state index is 0.0798. The van der Waals surface area contributed by atoms with Crippen LogP contribution >= 0.6 is 11.6 Å². The average molecular weight is 241 g/mol. The van der Waals surface area contributed by atoms with Gasteiger partial charge < -0.3 is 11.1 Å². The number of benzene rings is 1. The van der Waals surface area contributed by atoms with Gasteiger partial charge in [0.25, 0.3) is 0 Å². The SMILES string of the molecule is CCC(N)C(=O)NC(C)c1cccc(Cl)c1. The van der Waals surface area contributed by atoms with Gasteiger partial charge in [-0.15, -0.1) is 0 Å². The van der Waals surface area contributed by atoms with E-state index in [1.54, 1.807) is 6.07 Å². The van der Waals surface area contributed by atoms with Crippen LogP contribution in [0.3, 0.4) is 0 Å². The van der Waals surface area contributed by atoms with Gasteiger partial charge in [0.2, 0.25) is 5.91 Å². The average Bonchev–Trinajstić information content (AvgIpc) is 2.27. The molecule has 0 aliphatic carbocycles. The van der Waals surface area contributed by atoms with Gasteiger partial charge in [0.15, 0.2) is 0 Å². The van der Waals surface area contributed by atoms with Crippen LogP contribution in [0.25, 0.3) is 0 Å². The molecule has 0 heterocycles. The normalized spacial score (nSPS) is 14.2. The minimum Gasteiger partial charge on any atom is -0.348 e. The second-order valence-electron chi connectivity index (χ2n) is 3.80. The molecule has 0 fully saturated rings. The Hall–Kier alpha value is -1.06. The van der Waals surface area contributed by atoms with E-state index in [4.69, 9.17) is 17.3 Å². The summed E-state index contributed by atoms with van der Waals surface area (Å²) in [5, 5.41) is 3.52. The number of nitrogens with one attached hydrogen (secondary N) is 1. The Morgan fingerprint density at radius 2 is 2.25 bits per heavy atom. The molecule has 88 valence electrons. The first-order valence-corrected chi connectivity index (χ1v) is 5.73. The Balaban J connectivity index is 2.65. The van der Waals surface area contributed by atoms with Crippen LogP contribution < -0.4 is 11.1 Å². The molecule has 3 N–H and O–H groups in total. The number of carbonyl (C=O) groups is 1. The summed E-state index contributed by atoms with van der Waals surface area (Å²) in [6.45, 7) is 3.79. The maximum absolute atomic E-state index is 11.6. The summed E-state index contributed by atoms with van der Waals surface area (Å²) in [6.07, 6.45) is 0.633. The Kier molecular flexibility index (Phi) is 4.77. The third kappa shape index (κ3) is 3.51. The van der Waals surface area contributed by atoms with E-state index in [0.717, 1.165) is 5.56 Å². The first kappa shape index (κ1) is 13.0. The molecule has 0 bridgehead atoms. The van der Waals surface area contributed by atoms with E-state index < -0.39 is 6.04 Å². The van der Waals surface area contributed by atoms with E-state index >= 15 is 0 Å². The molecule has 3 nitrogen and oxygen atoms in total. The smallest absolute Gasteiger partial charge is 0.237 e. The zero-order valence-corrected chi connectivity index (χ0v) is 10.3. The molecule has 0 aromatic heterocycles. The highest BCUT2D eigenvalue weighted by Gasteiger charge is 2.14. The first-order valence-electron chi connectivity index (χ1n) is 5.36. The quantitative estimate of drug-likeness (QED) is 0.848. The molecule has 0 saturated carbocycles. The van der Waals surface area contributed by atoms with Crippen molar-refractivity contribution in [3.05, 3.63) is 34.9 Å². The summed E-state index contributed by atoms with van der Waals surface area (Å²) >= 11 is 5.88. The van der Waals surface area contributed by atoms with E-state index in [1.165, 1.54) is 0 Å². The molecule has 2 atom stereocenters. The van der Waals surface area contributed by atoms with Crippen molar-refractivity contribution in [1.82, 2.24) is 5.32 Å². The summed E-state index contributed by atoms with van der Waals surface area (Å²) in [7, 11) is 0. The highest BCUT2D eigenvalue weighted by Crippen LogP contribution is 2.17. The van der Waals surface area contributed by atoms with Crippen molar-refractivity contribution in [2.24, 2.45) is 5.73 Å². The number of halogens is 1. The van der Waals surface area contributed by atoms with Gasteiger partial charge in [-0.3, -0.25) is 4.79 Å². The maximum Gasteiger partial charge on any atom is 0.237 e. The van der Waals surface area contributed by atoms with E-state index in [9.17, 15) is 4.79 Å². The number of nitrogens with two attached hydrogens (primary N) is 1. The van der Waals surface area contributed by atoms with Crippen LogP contribution in [0.4, 0.5) is 0 Å². The van der Waals surface area contributed by atoms with Crippen molar-refractivity contribution >= 4 is 17.5 Å². The van der Waals surface area contributed by atoms with Crippen LogP contribution in [0.1, 0.15) is 31.9 Å². The highest BCUT2D eigenvalue weighted by molar-refractivity contribution is 6.30. The summed E-state index contributed by atoms with van der Waals surface area (Å²) in [4.78, 5) is 11.6. The van der Waals surface area contributed by atoms with Crippen LogP contribution in [-0.2, 0) is 4.79 Å². The second kappa shape index (κ2) is 5.87. The Bertz CT molecular complexity index is 368. The molecule has 1 rings (SSSR count). The summed E-state index contributed by atoms with van der Waals surface area (Å²) in [6, 6.07) is 6.90. The maximum atomic E-state index is 11.6. The van der Waals surface area contributed by atoms with Gasteiger partial charge in [-0.05, 0) is 31.0 Å². The number of hydrogen-bond donors (Lipinski definition) is 2. The van der Waals surface area contributed by atoms with Crippen LogP contribution in [0, 0.1) is 0 Å². The molecule has 16 heavy (non-hydrogen) atoms. The molecule has 0 aliphatic rings. The highest BCUT2D eigenvalue weighted by atomic mass is 35.5. The fourth-order valence-electron chi connectivity index (χ4n) is 1.37. The number of rotatable bonds is 4. The van der Waals surface area contributed by atoms with Crippen molar-refractivity contribution < 1.29 is 4.79 Å². The van der Waals surface area contributed by atoms with Crippen molar-refractivity contribution in [3.8, 4) is 0 Å². The largest absolute Gasteiger partial charge is 0.348 e. The minimum atomic E-state index is -0.443. The van der Waals surface area contributed by atoms with Gasteiger partial charge in [0.05, 0.1) is 12.1 Å². The van der Waals surface area contributed by atoms with Crippen LogP contribution in [0.5, 0.6) is 0 Å². The molecule has 1 aromatic carbocycles. The van der Waals surface area contributed by atoms with E-state index in [-0.39, 0.29) is 11.9 Å². The standard InChI is InChI=1S/C12H17ClN2O/c1-3-11(14)12(16)15-8(2)9-5-4-6-10(13)7-9/h4-8,11H,3,14H2,1-2H3,(H,15,16). The lowest BCUT2D eigenvalue weighted by molar-refractivity contribution is -0.123. The lowest BCUT2D eigenvalue weighted by atomic mass is 10.1. The van der Waals surface area contributed by atoms with Gasteiger partial charge in [-0.2, -0.15) is 0 Å². The predicted octanol–water partition coefficient (Wildman–Crippen LogP) is 2.25. The molecule has 0 aliphatic heterocycles. The Morgan fingerprint density at radius 3 is 2.81 bits per heavy atom. The zero-order valence-electron chi connectivity index (χ0n) is 9.53. The van der Waals surface area contributed by atoms with Crippen molar-refractivity contribution in [3.63, 3.8) is 0 Å². The van der Waals surface area contributed by atoms with E-state index in [1.807, 2.05) is 32.0 Å². The molecular weight excluding hydrogens is 224 g/mol. The molecular formula is C12H17ClN2O. The zero-order chi connectivity index (χ0) is 12.1. The fraction of sp³-hybridized carbons (Fsp3) is 0.417. The monoisotopic (exact) mass is 240 g/mol. The third-order valence-corrected chi connectivity index (χ3v) is 2.72. The fourth-order valence-corrected chi connectivity index (χ4v) is 1.56. The second-order valence-corrected chi connectivity index (χ2v) is 4.24. The molecule has 4 heteroatoms. The van der Waals surface area contributed by atoms with Crippen molar-refractivity contribution in [2.75, 3.05) is 0 Å². The van der Waals surface area contributed by atoms with Gasteiger partial charge in [0.1, 0.15) is 0 Å². The Morgan fingerprint density at radius 1 is 1.56 bits per heavy atom. The lowest BCUT2D eigenvalue weighted by Gasteiger charge is -2.17. The summed E-state index contributed by atoms with van der Waals surface area (Å²) in [5.74, 6) is -0.130.